The summed E-state index contributed by atoms with van der Waals surface area (Å²) in [4.78, 5) is 10.8. The fourth-order valence-corrected chi connectivity index (χ4v) is 1.12. The van der Waals surface area contributed by atoms with E-state index in [-0.39, 0.29) is 11.3 Å². The van der Waals surface area contributed by atoms with Gasteiger partial charge in [-0.05, 0) is 5.41 Å². The molecule has 2 N–H and O–H groups in total. The zero-order chi connectivity index (χ0) is 7.07. The van der Waals surface area contributed by atoms with Crippen molar-refractivity contribution in [1.82, 2.24) is 5.01 Å². The summed E-state index contributed by atoms with van der Waals surface area (Å²) < 4.78 is 0. The van der Waals surface area contributed by atoms with Gasteiger partial charge in [-0.15, -0.1) is 0 Å². The number of carbonyl (C=O) groups is 1. The number of rotatable bonds is 0. The Bertz CT molecular complexity index is 142. The average molecular weight is 128 g/mol. The summed E-state index contributed by atoms with van der Waals surface area (Å²) in [5.74, 6) is 5.39. The zero-order valence-electron chi connectivity index (χ0n) is 5.85. The minimum atomic E-state index is 0.0556. The van der Waals surface area contributed by atoms with Crippen LogP contribution in [0.5, 0.6) is 0 Å². The summed E-state index contributed by atoms with van der Waals surface area (Å²) in [5.41, 5.74) is 0.0891. The molecular weight excluding hydrogens is 116 g/mol. The molecule has 1 amide bonds. The minimum Gasteiger partial charge on any atom is -0.280 e. The van der Waals surface area contributed by atoms with E-state index in [0.29, 0.717) is 13.0 Å². The van der Waals surface area contributed by atoms with Crippen molar-refractivity contribution in [3.8, 4) is 0 Å². The van der Waals surface area contributed by atoms with Crippen LogP contribution in [0.3, 0.4) is 0 Å². The zero-order valence-corrected chi connectivity index (χ0v) is 5.85. The first-order chi connectivity index (χ1) is 4.01. The largest absolute Gasteiger partial charge is 0.280 e. The molecule has 1 fully saturated rings. The van der Waals surface area contributed by atoms with Gasteiger partial charge in [-0.1, -0.05) is 13.8 Å². The second-order valence-electron chi connectivity index (χ2n) is 3.36. The highest BCUT2D eigenvalue weighted by Gasteiger charge is 2.33. The van der Waals surface area contributed by atoms with Crippen molar-refractivity contribution < 1.29 is 4.79 Å². The second kappa shape index (κ2) is 1.70. The predicted molar refractivity (Wildman–Crippen MR) is 34.3 cm³/mol. The first-order valence-corrected chi connectivity index (χ1v) is 3.06. The molecule has 1 aliphatic rings. The fraction of sp³-hybridized carbons (Fsp3) is 0.833. The molecule has 3 nitrogen and oxygen atoms in total. The van der Waals surface area contributed by atoms with Crippen LogP contribution in [0.2, 0.25) is 0 Å². The number of amides is 1. The fourth-order valence-electron chi connectivity index (χ4n) is 1.12. The molecule has 0 aromatic heterocycles. The maximum atomic E-state index is 10.8. The van der Waals surface area contributed by atoms with Gasteiger partial charge in [0.25, 0.3) is 0 Å². The number of hydrogen-bond donors (Lipinski definition) is 1. The van der Waals surface area contributed by atoms with E-state index in [0.717, 1.165) is 0 Å². The Morgan fingerprint density at radius 1 is 1.67 bits per heavy atom. The highest BCUT2D eigenvalue weighted by atomic mass is 16.2. The number of nitrogens with two attached hydrogens (primary N) is 1. The standard InChI is InChI=1S/C6H12N2O/c1-6(2)3-5(9)8(7)4-6/h3-4,7H2,1-2H3. The Labute approximate surface area is 54.8 Å². The van der Waals surface area contributed by atoms with E-state index in [9.17, 15) is 4.79 Å². The number of carbonyl (C=O) groups excluding carboxylic acids is 1. The highest BCUT2D eigenvalue weighted by molar-refractivity contribution is 5.78. The van der Waals surface area contributed by atoms with Crippen molar-refractivity contribution in [3.05, 3.63) is 0 Å². The van der Waals surface area contributed by atoms with Gasteiger partial charge in [-0.2, -0.15) is 0 Å². The minimum absolute atomic E-state index is 0.0556. The lowest BCUT2D eigenvalue weighted by Gasteiger charge is -2.14. The SMILES string of the molecule is CC1(C)CC(=O)N(N)C1. The van der Waals surface area contributed by atoms with Gasteiger partial charge < -0.3 is 0 Å². The lowest BCUT2D eigenvalue weighted by Crippen LogP contribution is -2.33. The number of hydrogen-bond acceptors (Lipinski definition) is 2. The van der Waals surface area contributed by atoms with Crippen LogP contribution in [0.15, 0.2) is 0 Å². The first kappa shape index (κ1) is 6.55. The van der Waals surface area contributed by atoms with Crippen molar-refractivity contribution in [3.63, 3.8) is 0 Å². The molecule has 0 aromatic rings. The lowest BCUT2D eigenvalue weighted by atomic mass is 9.93. The molecule has 1 aliphatic heterocycles. The van der Waals surface area contributed by atoms with Crippen LogP contribution in [-0.2, 0) is 4.79 Å². The molecule has 0 radical (unpaired) electrons. The van der Waals surface area contributed by atoms with E-state index in [4.69, 9.17) is 5.84 Å². The van der Waals surface area contributed by atoms with Crippen LogP contribution in [0.1, 0.15) is 20.3 Å². The smallest absolute Gasteiger partial charge is 0.237 e. The van der Waals surface area contributed by atoms with Crippen molar-refractivity contribution in [2.45, 2.75) is 20.3 Å². The molecule has 1 saturated heterocycles. The summed E-state index contributed by atoms with van der Waals surface area (Å²) in [6.45, 7) is 4.77. The molecule has 1 rings (SSSR count). The average Bonchev–Trinajstić information content (AvgIpc) is 1.79. The highest BCUT2D eigenvalue weighted by Crippen LogP contribution is 2.27. The topological polar surface area (TPSA) is 46.3 Å². The van der Waals surface area contributed by atoms with Crippen molar-refractivity contribution in [1.29, 1.82) is 0 Å². The van der Waals surface area contributed by atoms with Crippen molar-refractivity contribution in [2.75, 3.05) is 6.54 Å². The van der Waals surface area contributed by atoms with Crippen LogP contribution >= 0.6 is 0 Å². The number of hydrazine groups is 1. The molecule has 52 valence electrons. The molecule has 0 atom stereocenters. The Kier molecular flexibility index (Phi) is 1.24. The predicted octanol–water partition coefficient (Wildman–Crippen LogP) is 0.119. The molecule has 3 heteroatoms. The van der Waals surface area contributed by atoms with Gasteiger partial charge in [0.1, 0.15) is 0 Å². The molecule has 0 unspecified atom stereocenters. The molecule has 9 heavy (non-hydrogen) atoms. The van der Waals surface area contributed by atoms with Crippen LogP contribution in [-0.4, -0.2) is 17.5 Å². The van der Waals surface area contributed by atoms with E-state index < -0.39 is 0 Å². The van der Waals surface area contributed by atoms with E-state index >= 15 is 0 Å². The van der Waals surface area contributed by atoms with Gasteiger partial charge in [-0.3, -0.25) is 9.80 Å². The molecule has 0 aromatic carbocycles. The molecule has 0 saturated carbocycles. The van der Waals surface area contributed by atoms with Gasteiger partial charge in [0, 0.05) is 13.0 Å². The van der Waals surface area contributed by atoms with Crippen LogP contribution < -0.4 is 5.84 Å². The summed E-state index contributed by atoms with van der Waals surface area (Å²) in [6, 6.07) is 0. The summed E-state index contributed by atoms with van der Waals surface area (Å²) in [7, 11) is 0. The maximum Gasteiger partial charge on any atom is 0.237 e. The summed E-state index contributed by atoms with van der Waals surface area (Å²) in [5, 5.41) is 1.29. The maximum absolute atomic E-state index is 10.8. The Hall–Kier alpha value is -0.570. The first-order valence-electron chi connectivity index (χ1n) is 3.06. The molecule has 0 bridgehead atoms. The molecule has 1 heterocycles. The molecular formula is C6H12N2O. The van der Waals surface area contributed by atoms with Gasteiger partial charge in [0.05, 0.1) is 0 Å². The van der Waals surface area contributed by atoms with Gasteiger partial charge in [0.15, 0.2) is 0 Å². The van der Waals surface area contributed by atoms with E-state index in [2.05, 4.69) is 0 Å². The quantitative estimate of drug-likeness (QED) is 0.372. The van der Waals surface area contributed by atoms with Crippen LogP contribution in [0, 0.1) is 5.41 Å². The normalized spacial score (nSPS) is 25.2. The van der Waals surface area contributed by atoms with Crippen LogP contribution in [0.4, 0.5) is 0 Å². The Morgan fingerprint density at radius 3 is 2.33 bits per heavy atom. The Balaban J connectivity index is 2.65. The third-order valence-corrected chi connectivity index (χ3v) is 1.55. The monoisotopic (exact) mass is 128 g/mol. The third kappa shape index (κ3) is 1.21. The van der Waals surface area contributed by atoms with E-state index in [1.165, 1.54) is 5.01 Å². The second-order valence-corrected chi connectivity index (χ2v) is 3.36. The van der Waals surface area contributed by atoms with Gasteiger partial charge in [0.2, 0.25) is 5.91 Å². The van der Waals surface area contributed by atoms with Crippen molar-refractivity contribution in [2.24, 2.45) is 11.3 Å². The van der Waals surface area contributed by atoms with Crippen molar-refractivity contribution >= 4 is 5.91 Å². The molecule has 0 spiro atoms. The lowest BCUT2D eigenvalue weighted by molar-refractivity contribution is -0.128. The third-order valence-electron chi connectivity index (χ3n) is 1.55. The Morgan fingerprint density at radius 2 is 2.22 bits per heavy atom. The van der Waals surface area contributed by atoms with Crippen LogP contribution in [0.25, 0.3) is 0 Å². The van der Waals surface area contributed by atoms with E-state index in [1.54, 1.807) is 0 Å². The number of nitrogens with zero attached hydrogens (tertiary/aromatic N) is 1. The van der Waals surface area contributed by atoms with E-state index in [1.807, 2.05) is 13.8 Å². The summed E-state index contributed by atoms with van der Waals surface area (Å²) >= 11 is 0. The molecule has 0 aliphatic carbocycles. The summed E-state index contributed by atoms with van der Waals surface area (Å²) in [6.07, 6.45) is 0.587. The van der Waals surface area contributed by atoms with Gasteiger partial charge >= 0.3 is 0 Å². The van der Waals surface area contributed by atoms with Gasteiger partial charge in [-0.25, -0.2) is 5.84 Å².